The standard InChI is InChI=1S/C16H26N2OS2/c1-3-17-14(8-15-18-12(2)10-21-15)13-4-6-19-16(9-13)5-7-20-11-16/h10,13-14,17H,3-9,11H2,1-2H3. The van der Waals surface area contributed by atoms with Crippen molar-refractivity contribution in [1.29, 1.82) is 0 Å². The Labute approximate surface area is 136 Å². The minimum absolute atomic E-state index is 0.181. The summed E-state index contributed by atoms with van der Waals surface area (Å²) < 4.78 is 6.18. The Bertz CT molecular complexity index is 457. The summed E-state index contributed by atoms with van der Waals surface area (Å²) in [6, 6.07) is 0.548. The van der Waals surface area contributed by atoms with Crippen molar-refractivity contribution in [2.75, 3.05) is 24.7 Å². The van der Waals surface area contributed by atoms with Gasteiger partial charge < -0.3 is 10.1 Å². The number of likely N-dealkylation sites (N-methyl/N-ethyl adjacent to an activating group) is 1. The van der Waals surface area contributed by atoms with Crippen molar-refractivity contribution in [3.63, 3.8) is 0 Å². The van der Waals surface area contributed by atoms with E-state index in [-0.39, 0.29) is 5.60 Å². The molecule has 1 N–H and O–H groups in total. The van der Waals surface area contributed by atoms with E-state index in [0.717, 1.165) is 31.2 Å². The Morgan fingerprint density at radius 1 is 1.57 bits per heavy atom. The molecule has 0 radical (unpaired) electrons. The van der Waals surface area contributed by atoms with Gasteiger partial charge in [0.2, 0.25) is 0 Å². The number of thiazole rings is 1. The molecule has 3 nitrogen and oxygen atoms in total. The van der Waals surface area contributed by atoms with E-state index in [4.69, 9.17) is 4.74 Å². The average molecular weight is 327 g/mol. The van der Waals surface area contributed by atoms with E-state index in [9.17, 15) is 0 Å². The third kappa shape index (κ3) is 3.81. The molecule has 3 atom stereocenters. The van der Waals surface area contributed by atoms with Crippen molar-refractivity contribution < 1.29 is 4.74 Å². The maximum Gasteiger partial charge on any atom is 0.0943 e. The summed E-state index contributed by atoms with van der Waals surface area (Å²) in [5.74, 6) is 3.18. The fourth-order valence-corrected chi connectivity index (χ4v) is 5.83. The molecule has 1 spiro atoms. The third-order valence-corrected chi connectivity index (χ3v) is 6.91. The molecule has 2 saturated heterocycles. The molecule has 0 bridgehead atoms. The van der Waals surface area contributed by atoms with Crippen LogP contribution in [-0.4, -0.2) is 41.3 Å². The second-order valence-corrected chi connectivity index (χ2v) is 8.39. The number of rotatable bonds is 5. The van der Waals surface area contributed by atoms with E-state index in [1.54, 1.807) is 11.3 Å². The van der Waals surface area contributed by atoms with Crippen LogP contribution in [0.1, 0.15) is 36.9 Å². The fraction of sp³-hybridized carbons (Fsp3) is 0.812. The van der Waals surface area contributed by atoms with Gasteiger partial charge >= 0.3 is 0 Å². The first kappa shape index (κ1) is 15.8. The van der Waals surface area contributed by atoms with Crippen LogP contribution < -0.4 is 5.32 Å². The van der Waals surface area contributed by atoms with Crippen LogP contribution in [0.4, 0.5) is 0 Å². The third-order valence-electron chi connectivity index (χ3n) is 4.69. The zero-order valence-corrected chi connectivity index (χ0v) is 14.7. The number of nitrogens with zero attached hydrogens (tertiary/aromatic N) is 1. The second kappa shape index (κ2) is 6.99. The van der Waals surface area contributed by atoms with Crippen LogP contribution >= 0.6 is 23.1 Å². The minimum Gasteiger partial charge on any atom is -0.374 e. The van der Waals surface area contributed by atoms with Gasteiger partial charge in [0.1, 0.15) is 0 Å². The molecule has 3 rings (SSSR count). The molecule has 2 fully saturated rings. The molecule has 3 unspecified atom stereocenters. The van der Waals surface area contributed by atoms with Crippen molar-refractivity contribution in [3.8, 4) is 0 Å². The van der Waals surface area contributed by atoms with Gasteiger partial charge in [-0.3, -0.25) is 0 Å². The van der Waals surface area contributed by atoms with Gasteiger partial charge in [-0.15, -0.1) is 11.3 Å². The van der Waals surface area contributed by atoms with Crippen molar-refractivity contribution in [2.45, 2.75) is 51.2 Å². The number of thioether (sulfide) groups is 1. The molecule has 21 heavy (non-hydrogen) atoms. The Morgan fingerprint density at radius 2 is 2.48 bits per heavy atom. The second-order valence-electron chi connectivity index (χ2n) is 6.34. The lowest BCUT2D eigenvalue weighted by molar-refractivity contribution is -0.0850. The van der Waals surface area contributed by atoms with Gasteiger partial charge in [-0.1, -0.05) is 6.92 Å². The maximum atomic E-state index is 6.18. The van der Waals surface area contributed by atoms with Crippen molar-refractivity contribution >= 4 is 23.1 Å². The summed E-state index contributed by atoms with van der Waals surface area (Å²) in [4.78, 5) is 4.66. The maximum absolute atomic E-state index is 6.18. The SMILES string of the molecule is CCNC(Cc1nc(C)cs1)C1CCOC2(CCSC2)C1. The molecule has 2 aliphatic heterocycles. The highest BCUT2D eigenvalue weighted by Crippen LogP contribution is 2.41. The minimum atomic E-state index is 0.181. The van der Waals surface area contributed by atoms with E-state index in [0.29, 0.717) is 6.04 Å². The van der Waals surface area contributed by atoms with Gasteiger partial charge in [0, 0.05) is 35.9 Å². The van der Waals surface area contributed by atoms with Gasteiger partial charge in [0.15, 0.2) is 0 Å². The number of nitrogens with one attached hydrogen (secondary N) is 1. The average Bonchev–Trinajstić information content (AvgIpc) is 3.08. The van der Waals surface area contributed by atoms with Crippen LogP contribution in [0.5, 0.6) is 0 Å². The van der Waals surface area contributed by atoms with Crippen molar-refractivity contribution in [2.24, 2.45) is 5.92 Å². The van der Waals surface area contributed by atoms with Crippen LogP contribution in [0.2, 0.25) is 0 Å². The molecule has 3 heterocycles. The first-order valence-electron chi connectivity index (χ1n) is 8.07. The molecule has 1 aromatic heterocycles. The van der Waals surface area contributed by atoms with Gasteiger partial charge in [0.05, 0.1) is 10.6 Å². The number of hydrogen-bond acceptors (Lipinski definition) is 5. The molecular formula is C16H26N2OS2. The molecule has 118 valence electrons. The topological polar surface area (TPSA) is 34.2 Å². The molecule has 1 aromatic rings. The number of ether oxygens (including phenoxy) is 1. The van der Waals surface area contributed by atoms with Crippen LogP contribution in [0.3, 0.4) is 0 Å². The first-order valence-corrected chi connectivity index (χ1v) is 10.1. The van der Waals surface area contributed by atoms with Crippen LogP contribution in [0, 0.1) is 12.8 Å². The highest BCUT2D eigenvalue weighted by molar-refractivity contribution is 7.99. The summed E-state index contributed by atoms with van der Waals surface area (Å²) in [6.45, 7) is 6.26. The summed E-state index contributed by atoms with van der Waals surface area (Å²) in [6.07, 6.45) is 4.72. The highest BCUT2D eigenvalue weighted by Gasteiger charge is 2.42. The lowest BCUT2D eigenvalue weighted by Crippen LogP contribution is -2.47. The summed E-state index contributed by atoms with van der Waals surface area (Å²) >= 11 is 3.86. The summed E-state index contributed by atoms with van der Waals surface area (Å²) in [5.41, 5.74) is 1.33. The monoisotopic (exact) mass is 326 g/mol. The van der Waals surface area contributed by atoms with E-state index >= 15 is 0 Å². The molecule has 0 aromatic carbocycles. The Hall–Kier alpha value is -0.100. The number of hydrogen-bond donors (Lipinski definition) is 1. The summed E-state index contributed by atoms with van der Waals surface area (Å²) in [7, 11) is 0. The Balaban J connectivity index is 1.67. The van der Waals surface area contributed by atoms with E-state index in [1.165, 1.54) is 35.8 Å². The predicted molar refractivity (Wildman–Crippen MR) is 91.4 cm³/mol. The molecule has 2 aliphatic rings. The van der Waals surface area contributed by atoms with Gasteiger partial charge in [0.25, 0.3) is 0 Å². The number of aryl methyl sites for hydroxylation is 1. The molecule has 0 aliphatic carbocycles. The van der Waals surface area contributed by atoms with Crippen LogP contribution in [-0.2, 0) is 11.2 Å². The normalized spacial score (nSPS) is 30.9. The van der Waals surface area contributed by atoms with Gasteiger partial charge in [-0.05, 0) is 44.4 Å². The lowest BCUT2D eigenvalue weighted by atomic mass is 9.80. The van der Waals surface area contributed by atoms with E-state index in [2.05, 4.69) is 41.3 Å². The largest absolute Gasteiger partial charge is 0.374 e. The Kier molecular flexibility index (Phi) is 5.25. The van der Waals surface area contributed by atoms with E-state index in [1.807, 2.05) is 0 Å². The molecule has 0 amide bonds. The zero-order chi connectivity index (χ0) is 14.7. The molecule has 0 saturated carbocycles. The fourth-order valence-electron chi connectivity index (χ4n) is 3.62. The molecular weight excluding hydrogens is 300 g/mol. The van der Waals surface area contributed by atoms with Crippen LogP contribution in [0.25, 0.3) is 0 Å². The lowest BCUT2D eigenvalue weighted by Gasteiger charge is -2.41. The summed E-state index contributed by atoms with van der Waals surface area (Å²) in [5, 5.41) is 7.16. The molecule has 5 heteroatoms. The highest BCUT2D eigenvalue weighted by atomic mass is 32.2. The van der Waals surface area contributed by atoms with Gasteiger partial charge in [-0.25, -0.2) is 4.98 Å². The first-order chi connectivity index (χ1) is 10.2. The smallest absolute Gasteiger partial charge is 0.0943 e. The van der Waals surface area contributed by atoms with Crippen molar-refractivity contribution in [3.05, 3.63) is 16.1 Å². The number of aromatic nitrogens is 1. The quantitative estimate of drug-likeness (QED) is 0.900. The van der Waals surface area contributed by atoms with E-state index < -0.39 is 0 Å². The zero-order valence-electron chi connectivity index (χ0n) is 13.1. The Morgan fingerprint density at radius 3 is 3.14 bits per heavy atom. The van der Waals surface area contributed by atoms with Gasteiger partial charge in [-0.2, -0.15) is 11.8 Å². The van der Waals surface area contributed by atoms with Crippen LogP contribution in [0.15, 0.2) is 5.38 Å². The van der Waals surface area contributed by atoms with Crippen molar-refractivity contribution in [1.82, 2.24) is 10.3 Å². The predicted octanol–water partition coefficient (Wildman–Crippen LogP) is 3.27.